The first-order valence-electron chi connectivity index (χ1n) is 8.21. The van der Waals surface area contributed by atoms with Gasteiger partial charge in [-0.25, -0.2) is 9.29 Å². The van der Waals surface area contributed by atoms with Crippen LogP contribution in [0.15, 0.2) is 24.3 Å². The van der Waals surface area contributed by atoms with Crippen LogP contribution in [0.25, 0.3) is 0 Å². The van der Waals surface area contributed by atoms with Crippen molar-refractivity contribution in [2.24, 2.45) is 23.7 Å². The summed E-state index contributed by atoms with van der Waals surface area (Å²) in [4.78, 5) is 37.9. The Morgan fingerprint density at radius 3 is 2.16 bits per heavy atom. The van der Waals surface area contributed by atoms with E-state index in [9.17, 15) is 18.8 Å². The maximum Gasteiger partial charge on any atom is 0.238 e. The van der Waals surface area contributed by atoms with Gasteiger partial charge in [-0.05, 0) is 30.7 Å². The maximum absolute atomic E-state index is 14.4. The number of hydrogen-bond donors (Lipinski definition) is 1. The van der Waals surface area contributed by atoms with Crippen LogP contribution in [0.2, 0.25) is 5.02 Å². The molecule has 4 aliphatic rings. The van der Waals surface area contributed by atoms with Crippen LogP contribution in [0.1, 0.15) is 19.8 Å². The third kappa shape index (κ3) is 2.39. The van der Waals surface area contributed by atoms with Crippen LogP contribution in [0.4, 0.5) is 15.8 Å². The van der Waals surface area contributed by atoms with Crippen LogP contribution in [-0.2, 0) is 14.4 Å². The molecule has 5 rings (SSSR count). The van der Waals surface area contributed by atoms with Crippen molar-refractivity contribution in [3.8, 4) is 0 Å². The van der Waals surface area contributed by atoms with Crippen molar-refractivity contribution in [1.29, 1.82) is 0 Å². The summed E-state index contributed by atoms with van der Waals surface area (Å²) in [6, 6.07) is 2.41. The van der Waals surface area contributed by atoms with Crippen molar-refractivity contribution >= 4 is 40.7 Å². The lowest BCUT2D eigenvalue weighted by Crippen LogP contribution is -2.38. The SMILES string of the molecule is CC(=O)Nc1c(F)cc(N2C(=O)C3C4C=CC(CC4)C3C2=O)cc1Cl. The molecular weight excluding hydrogens is 347 g/mol. The third-order valence-electron chi connectivity index (χ3n) is 5.35. The summed E-state index contributed by atoms with van der Waals surface area (Å²) < 4.78 is 14.4. The van der Waals surface area contributed by atoms with Crippen LogP contribution >= 0.6 is 11.6 Å². The van der Waals surface area contributed by atoms with E-state index in [1.807, 2.05) is 12.2 Å². The van der Waals surface area contributed by atoms with Gasteiger partial charge in [-0.2, -0.15) is 0 Å². The number of benzene rings is 1. The Hall–Kier alpha value is -2.21. The molecule has 1 N–H and O–H groups in total. The monoisotopic (exact) mass is 362 g/mol. The smallest absolute Gasteiger partial charge is 0.238 e. The lowest BCUT2D eigenvalue weighted by atomic mass is 9.63. The molecule has 7 heteroatoms. The van der Waals surface area contributed by atoms with E-state index in [1.165, 1.54) is 13.0 Å². The van der Waals surface area contributed by atoms with Crippen molar-refractivity contribution in [3.05, 3.63) is 35.1 Å². The highest BCUT2D eigenvalue weighted by molar-refractivity contribution is 6.34. The van der Waals surface area contributed by atoms with E-state index in [0.29, 0.717) is 0 Å². The number of rotatable bonds is 2. The first-order valence-corrected chi connectivity index (χ1v) is 8.59. The van der Waals surface area contributed by atoms with E-state index in [4.69, 9.17) is 11.6 Å². The molecule has 0 aromatic heterocycles. The molecule has 25 heavy (non-hydrogen) atoms. The highest BCUT2D eigenvalue weighted by atomic mass is 35.5. The van der Waals surface area contributed by atoms with E-state index in [1.54, 1.807) is 0 Å². The number of amides is 3. The van der Waals surface area contributed by atoms with Crippen LogP contribution in [0, 0.1) is 29.5 Å². The molecule has 1 saturated heterocycles. The predicted molar refractivity (Wildman–Crippen MR) is 90.5 cm³/mol. The molecule has 3 aliphatic carbocycles. The molecule has 4 unspecified atom stereocenters. The number of allylic oxidation sites excluding steroid dienone is 2. The Bertz CT molecular complexity index is 783. The summed E-state index contributed by atoms with van der Waals surface area (Å²) >= 11 is 6.06. The van der Waals surface area contributed by atoms with Crippen LogP contribution in [-0.4, -0.2) is 17.7 Å². The Morgan fingerprint density at radius 2 is 1.72 bits per heavy atom. The summed E-state index contributed by atoms with van der Waals surface area (Å²) in [6.07, 6.45) is 5.84. The Balaban J connectivity index is 1.72. The van der Waals surface area contributed by atoms with Gasteiger partial charge in [0, 0.05) is 13.0 Å². The van der Waals surface area contributed by atoms with E-state index < -0.39 is 11.7 Å². The first kappa shape index (κ1) is 16.3. The molecule has 0 spiro atoms. The second kappa shape index (κ2) is 5.66. The fourth-order valence-electron chi connectivity index (χ4n) is 4.31. The van der Waals surface area contributed by atoms with Crippen molar-refractivity contribution in [2.75, 3.05) is 10.2 Å². The van der Waals surface area contributed by atoms with Crippen LogP contribution < -0.4 is 10.2 Å². The van der Waals surface area contributed by atoms with E-state index >= 15 is 0 Å². The molecule has 1 aromatic rings. The van der Waals surface area contributed by atoms with Gasteiger partial charge < -0.3 is 5.32 Å². The first-order chi connectivity index (χ1) is 11.9. The van der Waals surface area contributed by atoms with E-state index in [0.717, 1.165) is 23.8 Å². The summed E-state index contributed by atoms with van der Waals surface area (Å²) in [6.45, 7) is 1.24. The highest BCUT2D eigenvalue weighted by Gasteiger charge is 2.56. The molecule has 3 amide bonds. The number of carbonyl (C=O) groups is 3. The minimum Gasteiger partial charge on any atom is -0.323 e. The minimum atomic E-state index is -0.783. The Kier molecular flexibility index (Phi) is 3.68. The lowest BCUT2D eigenvalue weighted by Gasteiger charge is -2.38. The fraction of sp³-hybridized carbons (Fsp3) is 0.389. The second-order valence-electron chi connectivity index (χ2n) is 6.82. The molecule has 130 valence electrons. The number of nitrogens with one attached hydrogen (secondary N) is 1. The number of anilines is 2. The maximum atomic E-state index is 14.4. The van der Waals surface area contributed by atoms with Gasteiger partial charge in [0.25, 0.3) is 0 Å². The average molecular weight is 363 g/mol. The molecule has 1 saturated carbocycles. The number of imide groups is 1. The van der Waals surface area contributed by atoms with Crippen LogP contribution in [0.3, 0.4) is 0 Å². The number of halogens is 2. The van der Waals surface area contributed by atoms with Gasteiger partial charge in [0.15, 0.2) is 0 Å². The molecule has 1 aliphatic heterocycles. The molecule has 1 heterocycles. The van der Waals surface area contributed by atoms with Crippen molar-refractivity contribution in [2.45, 2.75) is 19.8 Å². The zero-order chi connectivity index (χ0) is 17.9. The van der Waals surface area contributed by atoms with Gasteiger partial charge in [-0.3, -0.25) is 14.4 Å². The third-order valence-corrected chi connectivity index (χ3v) is 5.64. The second-order valence-corrected chi connectivity index (χ2v) is 7.23. The van der Waals surface area contributed by atoms with Gasteiger partial charge in [0.2, 0.25) is 17.7 Å². The van der Waals surface area contributed by atoms with Gasteiger partial charge >= 0.3 is 0 Å². The average Bonchev–Trinajstić information content (AvgIpc) is 2.85. The van der Waals surface area contributed by atoms with Crippen LogP contribution in [0.5, 0.6) is 0 Å². The number of nitrogens with zero attached hydrogens (tertiary/aromatic N) is 1. The summed E-state index contributed by atoms with van der Waals surface area (Å²) in [5.74, 6) is -2.44. The zero-order valence-corrected chi connectivity index (χ0v) is 14.2. The molecule has 2 fully saturated rings. The fourth-order valence-corrected chi connectivity index (χ4v) is 4.56. The topological polar surface area (TPSA) is 66.5 Å². The van der Waals surface area contributed by atoms with E-state index in [-0.39, 0.29) is 51.9 Å². The summed E-state index contributed by atoms with van der Waals surface area (Å²) in [5.41, 5.74) is -0.0448. The number of fused-ring (bicyclic) bond motifs is 1. The van der Waals surface area contributed by atoms with Gasteiger partial charge in [-0.1, -0.05) is 23.8 Å². The molecule has 1 aromatic carbocycles. The number of hydrogen-bond acceptors (Lipinski definition) is 3. The normalized spacial score (nSPS) is 30.0. The quantitative estimate of drug-likeness (QED) is 0.649. The van der Waals surface area contributed by atoms with Crippen molar-refractivity contribution in [3.63, 3.8) is 0 Å². The summed E-state index contributed by atoms with van der Waals surface area (Å²) in [5, 5.41) is 2.26. The molecular formula is C18H16ClFN2O3. The van der Waals surface area contributed by atoms with Crippen molar-refractivity contribution in [1.82, 2.24) is 0 Å². The molecule has 2 bridgehead atoms. The lowest BCUT2D eigenvalue weighted by molar-refractivity contribution is -0.124. The molecule has 0 radical (unpaired) electrons. The van der Waals surface area contributed by atoms with Gasteiger partial charge in [0.1, 0.15) is 5.82 Å². The summed E-state index contributed by atoms with van der Waals surface area (Å²) in [7, 11) is 0. The standard InChI is InChI=1S/C18H16ClFN2O3/c1-8(23)21-16-12(19)6-11(7-13(16)20)22-17(24)14-9-2-3-10(5-4-9)15(14)18(22)25/h2-3,6-7,9-10,14-15H,4-5H2,1H3,(H,21,23). The van der Waals surface area contributed by atoms with E-state index in [2.05, 4.69) is 5.32 Å². The largest absolute Gasteiger partial charge is 0.323 e. The molecule has 4 atom stereocenters. The Labute approximate surface area is 148 Å². The van der Waals surface area contributed by atoms with Gasteiger partial charge in [-0.15, -0.1) is 0 Å². The highest BCUT2D eigenvalue weighted by Crippen LogP contribution is 2.50. The number of carbonyl (C=O) groups excluding carboxylic acids is 3. The molecule has 5 nitrogen and oxygen atoms in total. The Morgan fingerprint density at radius 1 is 1.16 bits per heavy atom. The zero-order valence-electron chi connectivity index (χ0n) is 13.5. The minimum absolute atomic E-state index is 0.0539. The van der Waals surface area contributed by atoms with Crippen molar-refractivity contribution < 1.29 is 18.8 Å². The van der Waals surface area contributed by atoms with Gasteiger partial charge in [0.05, 0.1) is 28.2 Å². The predicted octanol–water partition coefficient (Wildman–Crippen LogP) is 3.14.